The van der Waals surface area contributed by atoms with Crippen LogP contribution in [-0.2, 0) is 24.9 Å². The molecule has 4 nitrogen and oxygen atoms in total. The average molecular weight is 824 g/mol. The molecular weight excluding hydrogens is 777 g/mol. The Morgan fingerprint density at radius 2 is 1.62 bits per heavy atom. The standard InChI is InChI=1S/C28H23N2S.C13H24O2.Ir/c1-15-11-16(2)13-18(12-15)24-26-19(9-10-29-24)20-14-17-7-6-8-21-22(17)23(25(20)31-26)27(30-21)28(3,4)5;1-5-10(6-2)12(14)9-13(15)11(7-3)8-4;/h6-12,14H,1-5H3;9-11,14H,5-8H2,1-4H3;/q-1;;/b;12-9-;. The van der Waals surface area contributed by atoms with Crippen LogP contribution in [0.2, 0.25) is 0 Å². The molecule has 3 heterocycles. The van der Waals surface area contributed by atoms with Crippen molar-refractivity contribution in [2.75, 3.05) is 0 Å². The molecule has 47 heavy (non-hydrogen) atoms. The number of thiophene rings is 1. The monoisotopic (exact) mass is 824 g/mol. The van der Waals surface area contributed by atoms with Crippen LogP contribution in [0.25, 0.3) is 42.2 Å². The van der Waals surface area contributed by atoms with E-state index >= 15 is 0 Å². The number of aliphatic imine (C=N–C) groups is 1. The summed E-state index contributed by atoms with van der Waals surface area (Å²) in [7, 11) is 0. The number of hydrogen-bond donors (Lipinski definition) is 1. The second-order valence-corrected chi connectivity index (χ2v) is 14.6. The molecule has 5 aromatic rings. The molecule has 0 aliphatic carbocycles. The first kappa shape index (κ1) is 36.7. The van der Waals surface area contributed by atoms with E-state index < -0.39 is 0 Å². The summed E-state index contributed by atoms with van der Waals surface area (Å²) < 4.78 is 2.55. The summed E-state index contributed by atoms with van der Waals surface area (Å²) in [5, 5.41) is 14.9. The zero-order chi connectivity index (χ0) is 33.3. The number of aliphatic hydroxyl groups excluding tert-OH is 1. The van der Waals surface area contributed by atoms with Gasteiger partial charge < -0.3 is 10.1 Å². The molecule has 2 aromatic heterocycles. The maximum Gasteiger partial charge on any atom is 0.162 e. The Morgan fingerprint density at radius 1 is 0.936 bits per heavy atom. The summed E-state index contributed by atoms with van der Waals surface area (Å²) in [6.07, 6.45) is 6.84. The first-order valence-electron chi connectivity index (χ1n) is 16.7. The summed E-state index contributed by atoms with van der Waals surface area (Å²) in [4.78, 5) is 21.6. The van der Waals surface area contributed by atoms with Crippen LogP contribution in [0, 0.1) is 37.2 Å². The summed E-state index contributed by atoms with van der Waals surface area (Å²) in [6, 6.07) is 18.8. The largest absolute Gasteiger partial charge is 0.512 e. The molecule has 1 radical (unpaired) electrons. The number of ketones is 1. The average Bonchev–Trinajstić information content (AvgIpc) is 3.59. The molecule has 1 aliphatic rings. The van der Waals surface area contributed by atoms with Gasteiger partial charge in [-0.2, -0.15) is 0 Å². The predicted molar refractivity (Wildman–Crippen MR) is 198 cm³/mol. The fourth-order valence-corrected chi connectivity index (χ4v) is 7.95. The molecule has 0 bridgehead atoms. The number of rotatable bonds is 8. The van der Waals surface area contributed by atoms with Crippen molar-refractivity contribution in [2.24, 2.45) is 22.2 Å². The van der Waals surface area contributed by atoms with E-state index in [-0.39, 0.29) is 48.9 Å². The fourth-order valence-electron chi connectivity index (χ4n) is 6.62. The van der Waals surface area contributed by atoms with E-state index in [0.717, 1.165) is 48.2 Å². The second kappa shape index (κ2) is 14.9. The van der Waals surface area contributed by atoms with Gasteiger partial charge in [0, 0.05) is 81.1 Å². The normalized spacial score (nSPS) is 12.9. The van der Waals surface area contributed by atoms with Gasteiger partial charge in [-0.05, 0) is 54.7 Å². The first-order valence-corrected chi connectivity index (χ1v) is 17.5. The summed E-state index contributed by atoms with van der Waals surface area (Å²) in [5.41, 5.74) is 8.04. The van der Waals surface area contributed by atoms with E-state index in [4.69, 9.17) is 9.98 Å². The molecule has 3 aromatic carbocycles. The Balaban J connectivity index is 0.000000269. The van der Waals surface area contributed by atoms with Gasteiger partial charge in [0.05, 0.1) is 17.2 Å². The number of benzene rings is 3. The zero-order valence-corrected chi connectivity index (χ0v) is 32.4. The molecule has 249 valence electrons. The first-order chi connectivity index (χ1) is 21.9. The summed E-state index contributed by atoms with van der Waals surface area (Å²) in [5.74, 6) is 0.547. The van der Waals surface area contributed by atoms with Crippen molar-refractivity contribution in [3.05, 3.63) is 83.3 Å². The van der Waals surface area contributed by atoms with Crippen molar-refractivity contribution < 1.29 is 30.0 Å². The van der Waals surface area contributed by atoms with Crippen LogP contribution >= 0.6 is 11.3 Å². The van der Waals surface area contributed by atoms with E-state index in [1.807, 2.05) is 45.2 Å². The minimum absolute atomic E-state index is 0. The van der Waals surface area contributed by atoms with Crippen molar-refractivity contribution in [1.29, 1.82) is 0 Å². The van der Waals surface area contributed by atoms with Crippen LogP contribution in [0.15, 0.2) is 65.5 Å². The molecule has 6 rings (SSSR count). The number of allylic oxidation sites excluding steroid dienone is 2. The third kappa shape index (κ3) is 7.31. The van der Waals surface area contributed by atoms with Gasteiger partial charge in [-0.1, -0.05) is 74.4 Å². The third-order valence-corrected chi connectivity index (χ3v) is 10.4. The van der Waals surface area contributed by atoms with Crippen molar-refractivity contribution in [3.8, 4) is 11.3 Å². The van der Waals surface area contributed by atoms with Crippen LogP contribution in [0.5, 0.6) is 0 Å². The molecule has 1 aliphatic heterocycles. The van der Waals surface area contributed by atoms with E-state index in [2.05, 4.69) is 83.1 Å². The smallest absolute Gasteiger partial charge is 0.162 e. The SMILES string of the molecule is CCC(CC)C(=O)/C=C(\O)C(CC)CC.Cc1[c-]c(-c2nccc3c2sc2c4c5c(cccc5cc23)N=C4C(C)(C)C)cc(C)c1.[Ir]. The fraction of sp³-hybridized carbons (Fsp3) is 0.390. The maximum atomic E-state index is 11.7. The molecule has 0 unspecified atom stereocenters. The molecule has 1 N–H and O–H groups in total. The minimum Gasteiger partial charge on any atom is -0.512 e. The molecule has 0 amide bonds. The Kier molecular flexibility index (Phi) is 11.6. The molecule has 0 atom stereocenters. The van der Waals surface area contributed by atoms with Gasteiger partial charge in [0.1, 0.15) is 0 Å². The molecule has 6 heteroatoms. The second-order valence-electron chi connectivity index (χ2n) is 13.6. The number of hydrogen-bond acceptors (Lipinski definition) is 5. The number of fused-ring (bicyclic) bond motifs is 4. The van der Waals surface area contributed by atoms with E-state index in [9.17, 15) is 9.90 Å². The molecule has 0 saturated heterocycles. The van der Waals surface area contributed by atoms with Gasteiger partial charge in [0.2, 0.25) is 0 Å². The van der Waals surface area contributed by atoms with Gasteiger partial charge in [0.25, 0.3) is 0 Å². The number of carbonyl (C=O) groups is 1. The van der Waals surface area contributed by atoms with Gasteiger partial charge in [-0.25, -0.2) is 0 Å². The van der Waals surface area contributed by atoms with Gasteiger partial charge >= 0.3 is 0 Å². The summed E-state index contributed by atoms with van der Waals surface area (Å²) in [6.45, 7) is 19.1. The van der Waals surface area contributed by atoms with Crippen LogP contribution < -0.4 is 0 Å². The molecule has 0 spiro atoms. The van der Waals surface area contributed by atoms with Crippen molar-refractivity contribution >= 4 is 59.5 Å². The van der Waals surface area contributed by atoms with Crippen LogP contribution in [-0.4, -0.2) is 21.6 Å². The third-order valence-electron chi connectivity index (χ3n) is 9.16. The molecular formula is C41H47IrN2O2S-. The van der Waals surface area contributed by atoms with E-state index in [1.165, 1.54) is 53.9 Å². The quantitative estimate of drug-likeness (QED) is 0.0963. The van der Waals surface area contributed by atoms with Crippen molar-refractivity contribution in [1.82, 2.24) is 4.98 Å². The maximum absolute atomic E-state index is 11.7. The Labute approximate surface area is 297 Å². The number of aryl methyl sites for hydroxylation is 2. The number of pyridine rings is 1. The van der Waals surface area contributed by atoms with Gasteiger partial charge in [-0.3, -0.25) is 9.79 Å². The number of carbonyl (C=O) groups excluding carboxylic acids is 1. The number of nitrogens with zero attached hydrogens (tertiary/aromatic N) is 2. The van der Waals surface area contributed by atoms with Crippen molar-refractivity contribution in [2.45, 2.75) is 88.0 Å². The zero-order valence-electron chi connectivity index (χ0n) is 29.2. The topological polar surface area (TPSA) is 62.5 Å². The van der Waals surface area contributed by atoms with Crippen molar-refractivity contribution in [3.63, 3.8) is 0 Å². The Hall–Kier alpha value is -3.18. The summed E-state index contributed by atoms with van der Waals surface area (Å²) >= 11 is 1.85. The Bertz CT molecular complexity index is 1970. The number of aromatic nitrogens is 1. The van der Waals surface area contributed by atoms with Gasteiger partial charge in [-0.15, -0.1) is 46.2 Å². The van der Waals surface area contributed by atoms with E-state index in [0.29, 0.717) is 0 Å². The van der Waals surface area contributed by atoms with Crippen LogP contribution in [0.4, 0.5) is 5.69 Å². The molecule has 0 fully saturated rings. The van der Waals surface area contributed by atoms with Crippen LogP contribution in [0.1, 0.15) is 90.8 Å². The van der Waals surface area contributed by atoms with E-state index in [1.54, 1.807) is 0 Å². The molecule has 0 saturated carbocycles. The number of aliphatic hydroxyl groups is 1. The van der Waals surface area contributed by atoms with Crippen LogP contribution in [0.3, 0.4) is 0 Å². The minimum atomic E-state index is -0.0288. The Morgan fingerprint density at radius 3 is 2.23 bits per heavy atom. The predicted octanol–water partition coefficient (Wildman–Crippen LogP) is 12.0. The van der Waals surface area contributed by atoms with Gasteiger partial charge in [0.15, 0.2) is 5.78 Å².